The highest BCUT2D eigenvalue weighted by molar-refractivity contribution is 6.00. The number of carbonyl (C=O) groups is 5. The fraction of sp³-hybridized carbons (Fsp3) is 0.725. The number of amides is 2. The number of hydrogen-bond acceptors (Lipinski definition) is 14. The number of cyclic esters (lactones) is 1. The second-order valence-electron chi connectivity index (χ2n) is 15.9. The van der Waals surface area contributed by atoms with Crippen LogP contribution >= 0.6 is 0 Å². The first-order chi connectivity index (χ1) is 26.1. The van der Waals surface area contributed by atoms with E-state index < -0.39 is 95.1 Å². The van der Waals surface area contributed by atoms with Crippen molar-refractivity contribution < 1.29 is 63.0 Å². The van der Waals surface area contributed by atoms with Crippen LogP contribution in [0, 0.1) is 23.7 Å². The SMILES string of the molecule is CC[C@H]1OC(=O)[C@H](C)C(=O)[C@H](C)[C@@H](O[C@@H]2O[C@H](C)C[C@H](N(C)C)[C@H]2O)[C@](C)(OC)C[C@@H](C)C(=O)[C@H](C)[C@@H](OC(=O)NCCNC(=O)c2ccccc2O)[C@]1(C)O. The number of aliphatic hydroxyl groups excluding tert-OH is 1. The van der Waals surface area contributed by atoms with E-state index in [1.54, 1.807) is 39.8 Å². The number of methoxy groups -OCH3 is 1. The van der Waals surface area contributed by atoms with Gasteiger partial charge in [0.05, 0.1) is 29.3 Å². The first-order valence-electron chi connectivity index (χ1n) is 19.3. The topological polar surface area (TPSA) is 219 Å². The number of ether oxygens (including phenoxy) is 5. The Morgan fingerprint density at radius 1 is 0.964 bits per heavy atom. The fourth-order valence-electron chi connectivity index (χ4n) is 7.90. The molecule has 3 rings (SSSR count). The largest absolute Gasteiger partial charge is 0.507 e. The second kappa shape index (κ2) is 19.7. The number of aromatic hydroxyl groups is 1. The summed E-state index contributed by atoms with van der Waals surface area (Å²) in [7, 11) is 5.08. The standard InChI is InChI=1S/C40H63N3O13/c1-12-29-40(8,51)34(56-38(50)42-18-17-41-35(48)26-15-13-14-16-28(26)44)23(4)30(45)21(2)20-39(7,52-11)33(24(5)31(46)25(6)36(49)54-29)55-37-32(47)27(43(9)10)19-22(3)53-37/h13-16,21-25,27,29,32-34,37,44,47,51H,12,17-20H2,1-11H3,(H,41,48)(H,42,50)/t21-,22-,23+,24+,25-,27+,29-,32-,33-,34-,37+,39-,40-/m1/s1. The van der Waals surface area contributed by atoms with Crippen molar-refractivity contribution in [2.75, 3.05) is 34.3 Å². The Kier molecular flexibility index (Phi) is 16.4. The third-order valence-corrected chi connectivity index (χ3v) is 11.3. The molecule has 2 aliphatic heterocycles. The van der Waals surface area contributed by atoms with Crippen LogP contribution in [-0.4, -0.2) is 138 Å². The molecule has 56 heavy (non-hydrogen) atoms. The number of rotatable bonds is 10. The molecule has 2 amide bonds. The van der Waals surface area contributed by atoms with Crippen LogP contribution in [0.3, 0.4) is 0 Å². The zero-order chi connectivity index (χ0) is 42.3. The van der Waals surface area contributed by atoms with Gasteiger partial charge in [-0.2, -0.15) is 0 Å². The summed E-state index contributed by atoms with van der Waals surface area (Å²) in [5, 5.41) is 38.4. The minimum Gasteiger partial charge on any atom is -0.507 e. The summed E-state index contributed by atoms with van der Waals surface area (Å²) in [4.78, 5) is 69.7. The van der Waals surface area contributed by atoms with Crippen LogP contribution in [0.1, 0.15) is 85.0 Å². The van der Waals surface area contributed by atoms with Crippen LogP contribution in [0.25, 0.3) is 0 Å². The molecule has 0 aliphatic carbocycles. The molecule has 16 nitrogen and oxygen atoms in total. The summed E-state index contributed by atoms with van der Waals surface area (Å²) in [6.07, 6.45) is -7.09. The van der Waals surface area contributed by atoms with Crippen LogP contribution in [0.15, 0.2) is 24.3 Å². The molecule has 1 aromatic rings. The van der Waals surface area contributed by atoms with Crippen molar-refractivity contribution in [3.8, 4) is 5.75 Å². The predicted molar refractivity (Wildman–Crippen MR) is 204 cm³/mol. The third kappa shape index (κ3) is 10.8. The molecular weight excluding hydrogens is 730 g/mol. The van der Waals surface area contributed by atoms with E-state index in [0.717, 1.165) is 0 Å². The Bertz CT molecular complexity index is 1540. The lowest BCUT2D eigenvalue weighted by atomic mass is 9.74. The van der Waals surface area contributed by atoms with E-state index in [0.29, 0.717) is 6.42 Å². The monoisotopic (exact) mass is 793 g/mol. The highest BCUT2D eigenvalue weighted by Gasteiger charge is 2.53. The number of esters is 1. The van der Waals surface area contributed by atoms with Gasteiger partial charge in [-0.25, -0.2) is 4.79 Å². The number of Topliss-reactive ketones (excluding diaryl/α,β-unsaturated/α-hetero) is 2. The molecule has 5 N–H and O–H groups in total. The average molecular weight is 794 g/mol. The lowest BCUT2D eigenvalue weighted by Crippen LogP contribution is -2.60. The van der Waals surface area contributed by atoms with E-state index in [2.05, 4.69) is 10.6 Å². The van der Waals surface area contributed by atoms with Crippen molar-refractivity contribution in [2.24, 2.45) is 23.7 Å². The summed E-state index contributed by atoms with van der Waals surface area (Å²) in [5.74, 6) is -7.08. The maximum absolute atomic E-state index is 14.3. The van der Waals surface area contributed by atoms with E-state index in [4.69, 9.17) is 23.7 Å². The Balaban J connectivity index is 1.95. The molecule has 1 aromatic carbocycles. The summed E-state index contributed by atoms with van der Waals surface area (Å²) in [6, 6.07) is 5.64. The second-order valence-corrected chi connectivity index (χ2v) is 15.9. The Morgan fingerprint density at radius 3 is 2.16 bits per heavy atom. The normalized spacial score (nSPS) is 36.3. The van der Waals surface area contributed by atoms with E-state index in [9.17, 15) is 39.3 Å². The highest BCUT2D eigenvalue weighted by atomic mass is 16.7. The maximum atomic E-state index is 14.3. The molecule has 2 saturated heterocycles. The van der Waals surface area contributed by atoms with Crippen molar-refractivity contribution in [3.05, 3.63) is 29.8 Å². The van der Waals surface area contributed by atoms with Crippen LogP contribution in [-0.2, 0) is 38.1 Å². The molecule has 13 atom stereocenters. The molecule has 2 heterocycles. The molecule has 2 fully saturated rings. The maximum Gasteiger partial charge on any atom is 0.407 e. The zero-order valence-corrected chi connectivity index (χ0v) is 34.6. The quantitative estimate of drug-likeness (QED) is 0.131. The average Bonchev–Trinajstić information content (AvgIpc) is 3.15. The Labute approximate surface area is 329 Å². The van der Waals surface area contributed by atoms with Crippen LogP contribution < -0.4 is 10.6 Å². The zero-order valence-electron chi connectivity index (χ0n) is 34.6. The molecule has 316 valence electrons. The van der Waals surface area contributed by atoms with E-state index >= 15 is 0 Å². The molecule has 0 radical (unpaired) electrons. The Morgan fingerprint density at radius 2 is 1.57 bits per heavy atom. The number of phenolic OH excluding ortho intramolecular Hbond substituents is 1. The van der Waals surface area contributed by atoms with Crippen LogP contribution in [0.2, 0.25) is 0 Å². The number of para-hydroxylation sites is 1. The van der Waals surface area contributed by atoms with Gasteiger partial charge in [0, 0.05) is 38.1 Å². The van der Waals surface area contributed by atoms with Gasteiger partial charge in [0.2, 0.25) is 0 Å². The molecule has 0 bridgehead atoms. The van der Waals surface area contributed by atoms with Gasteiger partial charge in [-0.3, -0.25) is 19.2 Å². The van der Waals surface area contributed by atoms with Gasteiger partial charge in [0.25, 0.3) is 5.91 Å². The number of aliphatic hydroxyl groups is 2. The number of phenols is 1. The number of ketones is 2. The minimum atomic E-state index is -2.13. The van der Waals surface area contributed by atoms with Gasteiger partial charge in [0.1, 0.15) is 41.4 Å². The Hall–Kier alpha value is -3.67. The van der Waals surface area contributed by atoms with Gasteiger partial charge < -0.3 is 54.5 Å². The first-order valence-corrected chi connectivity index (χ1v) is 19.3. The fourth-order valence-corrected chi connectivity index (χ4v) is 7.90. The highest BCUT2D eigenvalue weighted by Crippen LogP contribution is 2.39. The molecule has 2 aliphatic rings. The number of likely N-dealkylation sites (N-methyl/N-ethyl adjacent to an activating group) is 1. The van der Waals surface area contributed by atoms with Crippen molar-refractivity contribution >= 4 is 29.5 Å². The van der Waals surface area contributed by atoms with E-state index in [1.807, 2.05) is 25.9 Å². The van der Waals surface area contributed by atoms with Crippen LogP contribution in [0.4, 0.5) is 4.79 Å². The lowest BCUT2D eigenvalue weighted by molar-refractivity contribution is -0.295. The number of carbonyl (C=O) groups excluding carboxylic acids is 5. The number of hydrogen-bond donors (Lipinski definition) is 5. The van der Waals surface area contributed by atoms with Gasteiger partial charge in [0.15, 0.2) is 12.1 Å². The third-order valence-electron chi connectivity index (χ3n) is 11.3. The first kappa shape index (κ1) is 46.7. The minimum absolute atomic E-state index is 0.0157. The van der Waals surface area contributed by atoms with Crippen molar-refractivity contribution in [1.82, 2.24) is 15.5 Å². The lowest BCUT2D eigenvalue weighted by Gasteiger charge is -2.47. The molecule has 0 saturated carbocycles. The van der Waals surface area contributed by atoms with Crippen molar-refractivity contribution in [1.29, 1.82) is 0 Å². The van der Waals surface area contributed by atoms with Gasteiger partial charge >= 0.3 is 12.1 Å². The van der Waals surface area contributed by atoms with Crippen molar-refractivity contribution in [2.45, 2.75) is 129 Å². The number of alkyl carbamates (subject to hydrolysis) is 1. The predicted octanol–water partition coefficient (Wildman–Crippen LogP) is 2.59. The molecule has 16 heteroatoms. The van der Waals surface area contributed by atoms with Crippen molar-refractivity contribution in [3.63, 3.8) is 0 Å². The summed E-state index contributed by atoms with van der Waals surface area (Å²) >= 11 is 0. The number of nitrogens with zero attached hydrogens (tertiary/aromatic N) is 1. The van der Waals surface area contributed by atoms with E-state index in [-0.39, 0.29) is 49.4 Å². The smallest absolute Gasteiger partial charge is 0.407 e. The molecular formula is C40H63N3O13. The van der Waals surface area contributed by atoms with Gasteiger partial charge in [-0.15, -0.1) is 0 Å². The van der Waals surface area contributed by atoms with E-state index in [1.165, 1.54) is 40.0 Å². The number of nitrogens with one attached hydrogen (secondary N) is 2. The summed E-state index contributed by atoms with van der Waals surface area (Å²) in [5.41, 5.74) is -3.45. The van der Waals surface area contributed by atoms with Gasteiger partial charge in [-0.05, 0) is 73.2 Å². The molecule has 0 unspecified atom stereocenters. The molecule has 0 aromatic heterocycles. The van der Waals surface area contributed by atoms with Crippen LogP contribution in [0.5, 0.6) is 5.75 Å². The summed E-state index contributed by atoms with van der Waals surface area (Å²) < 4.78 is 30.2. The number of benzene rings is 1. The molecule has 0 spiro atoms. The van der Waals surface area contributed by atoms with Gasteiger partial charge in [-0.1, -0.05) is 39.8 Å². The summed E-state index contributed by atoms with van der Waals surface area (Å²) in [6.45, 7) is 12.4.